The van der Waals surface area contributed by atoms with Crippen LogP contribution in [0.1, 0.15) is 39.4 Å². The smallest absolute Gasteiger partial charge is 0.260 e. The number of aromatic nitrogens is 1. The van der Waals surface area contributed by atoms with E-state index >= 15 is 0 Å². The molecule has 0 spiro atoms. The Morgan fingerprint density at radius 2 is 1.81 bits per heavy atom. The zero-order valence-corrected chi connectivity index (χ0v) is 20.2. The number of ether oxygens (including phenoxy) is 1. The summed E-state index contributed by atoms with van der Waals surface area (Å²) < 4.78 is 20.7. The molecule has 3 N–H and O–H groups in total. The van der Waals surface area contributed by atoms with Crippen molar-refractivity contribution in [2.75, 3.05) is 5.32 Å². The Hall–Kier alpha value is -3.78. The van der Waals surface area contributed by atoms with E-state index in [1.54, 1.807) is 42.5 Å². The van der Waals surface area contributed by atoms with Crippen molar-refractivity contribution in [3.8, 4) is 5.75 Å². The SMILES string of the molecule is O=C(Nc1ccc2c(c1)OC1(c3ccc(Cl)cc3)C(c3ccccc3)CC(O)C21O)c1cccnc1F. The fourth-order valence-electron chi connectivity index (χ4n) is 5.76. The third-order valence-corrected chi connectivity index (χ3v) is 7.65. The molecule has 6 nitrogen and oxygen atoms in total. The number of pyridine rings is 1. The van der Waals surface area contributed by atoms with Crippen LogP contribution in [0.25, 0.3) is 0 Å². The second-order valence-electron chi connectivity index (χ2n) is 9.33. The molecule has 4 unspecified atom stereocenters. The van der Waals surface area contributed by atoms with Crippen molar-refractivity contribution in [2.24, 2.45) is 0 Å². The Labute approximate surface area is 217 Å². The average Bonchev–Trinajstić information content (AvgIpc) is 3.30. The maximum absolute atomic E-state index is 14.0. The third-order valence-electron chi connectivity index (χ3n) is 7.40. The van der Waals surface area contributed by atoms with Crippen molar-refractivity contribution < 1.29 is 24.1 Å². The van der Waals surface area contributed by atoms with Crippen molar-refractivity contribution in [1.82, 2.24) is 4.98 Å². The highest BCUT2D eigenvalue weighted by Crippen LogP contribution is 2.66. The zero-order valence-electron chi connectivity index (χ0n) is 19.4. The van der Waals surface area contributed by atoms with Crippen LogP contribution >= 0.6 is 11.6 Å². The lowest BCUT2D eigenvalue weighted by Gasteiger charge is -2.40. The van der Waals surface area contributed by atoms with Gasteiger partial charge in [0.1, 0.15) is 5.75 Å². The van der Waals surface area contributed by atoms with Gasteiger partial charge in [-0.3, -0.25) is 4.79 Å². The largest absolute Gasteiger partial charge is 0.478 e. The number of aliphatic hydroxyl groups is 2. The van der Waals surface area contributed by atoms with Crippen molar-refractivity contribution in [3.05, 3.63) is 124 Å². The van der Waals surface area contributed by atoms with Crippen LogP contribution in [0, 0.1) is 5.95 Å². The minimum absolute atomic E-state index is 0.198. The lowest BCUT2D eigenvalue weighted by molar-refractivity contribution is -0.149. The molecule has 2 heterocycles. The number of fused-ring (bicyclic) bond motifs is 3. The predicted octanol–water partition coefficient (Wildman–Crippen LogP) is 5.15. The van der Waals surface area contributed by atoms with E-state index in [2.05, 4.69) is 10.3 Å². The Morgan fingerprint density at radius 3 is 2.54 bits per heavy atom. The second-order valence-corrected chi connectivity index (χ2v) is 9.77. The van der Waals surface area contributed by atoms with Crippen LogP contribution in [-0.2, 0) is 11.2 Å². The Balaban J connectivity index is 1.46. The van der Waals surface area contributed by atoms with Gasteiger partial charge in [-0.05, 0) is 47.9 Å². The van der Waals surface area contributed by atoms with Gasteiger partial charge in [0.15, 0.2) is 11.2 Å². The second kappa shape index (κ2) is 8.66. The van der Waals surface area contributed by atoms with E-state index in [-0.39, 0.29) is 12.0 Å². The van der Waals surface area contributed by atoms with E-state index in [0.29, 0.717) is 27.6 Å². The Kier molecular flexibility index (Phi) is 5.53. The number of benzene rings is 3. The van der Waals surface area contributed by atoms with E-state index in [4.69, 9.17) is 16.3 Å². The molecule has 1 fully saturated rings. The summed E-state index contributed by atoms with van der Waals surface area (Å²) in [5.74, 6) is -1.64. The number of aliphatic hydroxyl groups excluding tert-OH is 1. The molecule has 4 aromatic rings. The first kappa shape index (κ1) is 23.6. The van der Waals surface area contributed by atoms with Crippen molar-refractivity contribution in [3.63, 3.8) is 0 Å². The fourth-order valence-corrected chi connectivity index (χ4v) is 5.89. The summed E-state index contributed by atoms with van der Waals surface area (Å²) in [5.41, 5.74) is -1.04. The third kappa shape index (κ3) is 3.46. The van der Waals surface area contributed by atoms with Gasteiger partial charge in [0, 0.05) is 34.5 Å². The van der Waals surface area contributed by atoms with Crippen LogP contribution in [-0.4, -0.2) is 27.2 Å². The molecule has 1 aromatic heterocycles. The standard InChI is InChI=1S/C29H22ClFN2O4/c30-19-10-8-18(9-11-19)29-23(17-5-2-1-3-6-17)16-25(34)28(29,36)22-13-12-20(15-24(22)37-29)33-27(35)21-7-4-14-32-26(21)31/h1-15,23,25,34,36H,16H2,(H,33,35). The Bertz CT molecular complexity index is 1500. The normalized spacial score (nSPS) is 25.7. The van der Waals surface area contributed by atoms with Crippen molar-refractivity contribution in [1.29, 1.82) is 0 Å². The van der Waals surface area contributed by atoms with Gasteiger partial charge in [0.2, 0.25) is 5.95 Å². The summed E-state index contributed by atoms with van der Waals surface area (Å²) >= 11 is 6.17. The molecule has 2 aliphatic rings. The molecule has 0 saturated heterocycles. The first-order chi connectivity index (χ1) is 17.8. The van der Waals surface area contributed by atoms with Crippen LogP contribution in [0.15, 0.2) is 91.1 Å². The fraction of sp³-hybridized carbons (Fsp3) is 0.172. The number of nitrogens with zero attached hydrogens (tertiary/aromatic N) is 1. The lowest BCUT2D eigenvalue weighted by Crippen LogP contribution is -2.51. The molecule has 4 atom stereocenters. The number of anilines is 1. The summed E-state index contributed by atoms with van der Waals surface area (Å²) in [6, 6.07) is 24.2. The monoisotopic (exact) mass is 516 g/mol. The molecule has 0 bridgehead atoms. The zero-order chi connectivity index (χ0) is 25.8. The highest BCUT2D eigenvalue weighted by atomic mass is 35.5. The summed E-state index contributed by atoms with van der Waals surface area (Å²) in [6.07, 6.45) is 0.389. The molecular weight excluding hydrogens is 495 g/mol. The van der Waals surface area contributed by atoms with E-state index in [0.717, 1.165) is 5.56 Å². The van der Waals surface area contributed by atoms with E-state index in [1.807, 2.05) is 30.3 Å². The Morgan fingerprint density at radius 1 is 1.05 bits per heavy atom. The summed E-state index contributed by atoms with van der Waals surface area (Å²) in [6.45, 7) is 0. The van der Waals surface area contributed by atoms with Crippen LogP contribution in [0.3, 0.4) is 0 Å². The topological polar surface area (TPSA) is 91.7 Å². The first-order valence-electron chi connectivity index (χ1n) is 11.8. The number of nitrogens with one attached hydrogen (secondary N) is 1. The average molecular weight is 517 g/mol. The lowest BCUT2D eigenvalue weighted by atomic mass is 9.71. The van der Waals surface area contributed by atoms with Crippen LogP contribution in [0.4, 0.5) is 10.1 Å². The minimum Gasteiger partial charge on any atom is -0.478 e. The highest BCUT2D eigenvalue weighted by molar-refractivity contribution is 6.30. The maximum Gasteiger partial charge on any atom is 0.260 e. The first-order valence-corrected chi connectivity index (χ1v) is 12.2. The summed E-state index contributed by atoms with van der Waals surface area (Å²) in [5, 5.41) is 26.8. The number of hydrogen-bond donors (Lipinski definition) is 3. The van der Waals surface area contributed by atoms with Crippen LogP contribution < -0.4 is 10.1 Å². The molecule has 1 aliphatic heterocycles. The van der Waals surface area contributed by atoms with E-state index in [1.165, 1.54) is 18.3 Å². The summed E-state index contributed by atoms with van der Waals surface area (Å²) in [4.78, 5) is 16.2. The minimum atomic E-state index is -1.78. The van der Waals surface area contributed by atoms with Gasteiger partial charge >= 0.3 is 0 Å². The highest BCUT2D eigenvalue weighted by Gasteiger charge is 2.72. The number of carbonyl (C=O) groups is 1. The molecular formula is C29H22ClFN2O4. The molecule has 186 valence electrons. The van der Waals surface area contributed by atoms with Crippen molar-refractivity contribution in [2.45, 2.75) is 29.6 Å². The number of hydrogen-bond acceptors (Lipinski definition) is 5. The number of amides is 1. The number of carbonyl (C=O) groups excluding carboxylic acids is 1. The number of halogens is 2. The van der Waals surface area contributed by atoms with Crippen molar-refractivity contribution >= 4 is 23.2 Å². The molecule has 1 saturated carbocycles. The molecule has 37 heavy (non-hydrogen) atoms. The summed E-state index contributed by atoms with van der Waals surface area (Å²) in [7, 11) is 0. The van der Waals surface area contributed by atoms with Gasteiger partial charge in [-0.1, -0.05) is 60.1 Å². The van der Waals surface area contributed by atoms with Crippen LogP contribution in [0.5, 0.6) is 5.75 Å². The molecule has 8 heteroatoms. The molecule has 3 aromatic carbocycles. The molecule has 6 rings (SSSR count). The molecule has 0 radical (unpaired) electrons. The van der Waals surface area contributed by atoms with Gasteiger partial charge in [0.05, 0.1) is 11.7 Å². The van der Waals surface area contributed by atoms with E-state index in [9.17, 15) is 19.4 Å². The predicted molar refractivity (Wildman–Crippen MR) is 136 cm³/mol. The molecule has 1 aliphatic carbocycles. The van der Waals surface area contributed by atoms with E-state index < -0.39 is 35.1 Å². The van der Waals surface area contributed by atoms with Gasteiger partial charge in [0.25, 0.3) is 5.91 Å². The van der Waals surface area contributed by atoms with Gasteiger partial charge in [-0.2, -0.15) is 4.39 Å². The van der Waals surface area contributed by atoms with Gasteiger partial charge in [-0.25, -0.2) is 4.98 Å². The van der Waals surface area contributed by atoms with Gasteiger partial charge in [-0.15, -0.1) is 0 Å². The maximum atomic E-state index is 14.0. The van der Waals surface area contributed by atoms with Gasteiger partial charge < -0.3 is 20.3 Å². The quantitative estimate of drug-likeness (QED) is 0.326. The number of rotatable bonds is 4. The molecule has 1 amide bonds. The van der Waals surface area contributed by atoms with Crippen LogP contribution in [0.2, 0.25) is 5.02 Å².